The Morgan fingerprint density at radius 3 is 2.54 bits per heavy atom. The molecule has 13 heteroatoms. The predicted octanol–water partition coefficient (Wildman–Crippen LogP) is 1.88. The highest BCUT2D eigenvalue weighted by atomic mass is 32.2. The number of rotatable bonds is 10. The molecule has 2 atom stereocenters. The lowest BCUT2D eigenvalue weighted by Crippen LogP contribution is -2.59. The zero-order valence-electron chi connectivity index (χ0n) is 20.4. The molecule has 2 heterocycles. The van der Waals surface area contributed by atoms with E-state index in [2.05, 4.69) is 15.6 Å². The van der Waals surface area contributed by atoms with Crippen molar-refractivity contribution >= 4 is 21.8 Å². The number of carbonyl (C=O) groups excluding carboxylic acids is 2. The minimum Gasteiger partial charge on any atom is -0.378 e. The summed E-state index contributed by atoms with van der Waals surface area (Å²) in [6, 6.07) is 1.93. The number of ether oxygens (including phenoxy) is 1. The van der Waals surface area contributed by atoms with Crippen LogP contribution in [0.15, 0.2) is 36.7 Å². The van der Waals surface area contributed by atoms with Gasteiger partial charge in [0.15, 0.2) is 0 Å². The number of hydrogen-bond donors (Lipinski definition) is 2. The number of amides is 2. The molecule has 1 aliphatic rings. The second kappa shape index (κ2) is 12.5. The summed E-state index contributed by atoms with van der Waals surface area (Å²) in [5.41, 5.74) is -0.0804. The summed E-state index contributed by atoms with van der Waals surface area (Å²) in [6.07, 6.45) is 3.46. The average molecular weight is 543 g/mol. The molecule has 2 unspecified atom stereocenters. The third kappa shape index (κ3) is 7.73. The van der Waals surface area contributed by atoms with E-state index in [4.69, 9.17) is 4.74 Å². The number of halogens is 3. The van der Waals surface area contributed by atoms with E-state index in [0.29, 0.717) is 12.1 Å². The van der Waals surface area contributed by atoms with Crippen molar-refractivity contribution in [3.05, 3.63) is 65.2 Å². The Bertz CT molecular complexity index is 1190. The summed E-state index contributed by atoms with van der Waals surface area (Å²) in [6.45, 7) is 3.30. The van der Waals surface area contributed by atoms with E-state index >= 15 is 0 Å². The van der Waals surface area contributed by atoms with Crippen molar-refractivity contribution in [2.75, 3.05) is 19.8 Å². The lowest BCUT2D eigenvalue weighted by molar-refractivity contribution is -0.134. The molecular weight excluding hydrogens is 513 g/mol. The van der Waals surface area contributed by atoms with Crippen molar-refractivity contribution in [1.29, 1.82) is 0 Å². The van der Waals surface area contributed by atoms with Crippen LogP contribution in [0, 0.1) is 23.4 Å². The highest BCUT2D eigenvalue weighted by Gasteiger charge is 2.39. The molecule has 1 aromatic heterocycles. The number of aromatic nitrogens is 1. The fourth-order valence-electron chi connectivity index (χ4n) is 3.89. The molecule has 1 saturated heterocycles. The van der Waals surface area contributed by atoms with E-state index < -0.39 is 62.7 Å². The predicted molar refractivity (Wildman–Crippen MR) is 128 cm³/mol. The standard InChI is InChI=1S/C24H29F3N4O5S/c1-15(2)8-21(23(32)29-12-16-4-3-5-28-11-16)30-24(33)22-13-36-7-6-31(22)37(34,35)14-18-19(26)9-17(25)10-20(18)27/h3-5,9-11,15,21-22H,6-8,12-14H2,1-2H3,(H,29,32)(H,30,33). The number of benzene rings is 1. The molecule has 1 fully saturated rings. The number of carbonyl (C=O) groups is 2. The van der Waals surface area contributed by atoms with Crippen LogP contribution in [0.3, 0.4) is 0 Å². The molecule has 2 N–H and O–H groups in total. The van der Waals surface area contributed by atoms with Crippen LogP contribution >= 0.6 is 0 Å². The fraction of sp³-hybridized carbons (Fsp3) is 0.458. The van der Waals surface area contributed by atoms with Crippen LogP contribution in [0.2, 0.25) is 0 Å². The normalized spacial score (nSPS) is 17.4. The van der Waals surface area contributed by atoms with Crippen LogP contribution in [0.25, 0.3) is 0 Å². The lowest BCUT2D eigenvalue weighted by Gasteiger charge is -2.34. The van der Waals surface area contributed by atoms with E-state index in [1.807, 2.05) is 13.8 Å². The molecule has 0 saturated carbocycles. The lowest BCUT2D eigenvalue weighted by atomic mass is 10.0. The van der Waals surface area contributed by atoms with E-state index in [0.717, 1.165) is 9.87 Å². The quantitative estimate of drug-likeness (QED) is 0.474. The Kier molecular flexibility index (Phi) is 9.62. The topological polar surface area (TPSA) is 118 Å². The molecule has 0 aliphatic carbocycles. The SMILES string of the molecule is CC(C)CC(NC(=O)C1COCCN1S(=O)(=O)Cc1c(F)cc(F)cc1F)C(=O)NCc1cccnc1. The molecule has 0 radical (unpaired) electrons. The van der Waals surface area contributed by atoms with Gasteiger partial charge in [-0.2, -0.15) is 4.31 Å². The second-order valence-electron chi connectivity index (χ2n) is 9.08. The van der Waals surface area contributed by atoms with E-state index in [9.17, 15) is 31.2 Å². The maximum atomic E-state index is 14.1. The largest absolute Gasteiger partial charge is 0.378 e. The Balaban J connectivity index is 1.75. The van der Waals surface area contributed by atoms with Gasteiger partial charge in [0.05, 0.1) is 19.0 Å². The van der Waals surface area contributed by atoms with Crippen LogP contribution in [-0.2, 0) is 36.6 Å². The van der Waals surface area contributed by atoms with Crippen LogP contribution < -0.4 is 10.6 Å². The zero-order valence-corrected chi connectivity index (χ0v) is 21.2. The first-order valence-electron chi connectivity index (χ1n) is 11.7. The second-order valence-corrected chi connectivity index (χ2v) is 11.0. The first-order valence-corrected chi connectivity index (χ1v) is 13.3. The summed E-state index contributed by atoms with van der Waals surface area (Å²) in [7, 11) is -4.43. The summed E-state index contributed by atoms with van der Waals surface area (Å²) >= 11 is 0. The number of pyridine rings is 1. The Hall–Kier alpha value is -3.03. The van der Waals surface area contributed by atoms with E-state index in [-0.39, 0.29) is 38.6 Å². The molecule has 37 heavy (non-hydrogen) atoms. The molecule has 202 valence electrons. The monoisotopic (exact) mass is 542 g/mol. The van der Waals surface area contributed by atoms with Gasteiger partial charge < -0.3 is 15.4 Å². The Morgan fingerprint density at radius 2 is 1.92 bits per heavy atom. The van der Waals surface area contributed by atoms with Gasteiger partial charge in [0.1, 0.15) is 29.5 Å². The van der Waals surface area contributed by atoms with Crippen LogP contribution in [-0.4, -0.2) is 61.4 Å². The summed E-state index contributed by atoms with van der Waals surface area (Å²) in [5.74, 6) is -6.23. The minimum atomic E-state index is -4.43. The Morgan fingerprint density at radius 1 is 1.22 bits per heavy atom. The van der Waals surface area contributed by atoms with Gasteiger partial charge in [0.25, 0.3) is 0 Å². The molecule has 0 spiro atoms. The Labute approximate surface area is 213 Å². The van der Waals surface area contributed by atoms with Gasteiger partial charge >= 0.3 is 0 Å². The highest BCUT2D eigenvalue weighted by molar-refractivity contribution is 7.88. The van der Waals surface area contributed by atoms with Gasteiger partial charge in [0.2, 0.25) is 21.8 Å². The van der Waals surface area contributed by atoms with Crippen molar-refractivity contribution in [3.8, 4) is 0 Å². The van der Waals surface area contributed by atoms with Gasteiger partial charge in [-0.3, -0.25) is 14.6 Å². The number of nitrogens with zero attached hydrogens (tertiary/aromatic N) is 2. The van der Waals surface area contributed by atoms with Crippen molar-refractivity contribution in [2.24, 2.45) is 5.92 Å². The maximum absolute atomic E-state index is 14.1. The van der Waals surface area contributed by atoms with Crippen LogP contribution in [0.1, 0.15) is 31.4 Å². The van der Waals surface area contributed by atoms with Crippen LogP contribution in [0.5, 0.6) is 0 Å². The molecule has 1 aromatic carbocycles. The molecule has 2 aromatic rings. The smallest absolute Gasteiger partial charge is 0.242 e. The van der Waals surface area contributed by atoms with Gasteiger partial charge in [-0.1, -0.05) is 19.9 Å². The van der Waals surface area contributed by atoms with Crippen molar-refractivity contribution in [1.82, 2.24) is 19.9 Å². The molecule has 2 amide bonds. The number of morpholine rings is 1. The zero-order chi connectivity index (χ0) is 27.2. The molecule has 9 nitrogen and oxygen atoms in total. The van der Waals surface area contributed by atoms with Gasteiger partial charge in [-0.15, -0.1) is 0 Å². The van der Waals surface area contributed by atoms with Gasteiger partial charge in [0, 0.05) is 43.2 Å². The molecular formula is C24H29F3N4O5S. The summed E-state index contributed by atoms with van der Waals surface area (Å²) in [5, 5.41) is 5.33. The highest BCUT2D eigenvalue weighted by Crippen LogP contribution is 2.22. The van der Waals surface area contributed by atoms with Gasteiger partial charge in [-0.05, 0) is 24.0 Å². The van der Waals surface area contributed by atoms with Crippen LogP contribution in [0.4, 0.5) is 13.2 Å². The minimum absolute atomic E-state index is 0.0151. The third-order valence-corrected chi connectivity index (χ3v) is 7.51. The molecule has 1 aliphatic heterocycles. The fourth-order valence-corrected chi connectivity index (χ4v) is 5.59. The first kappa shape index (κ1) is 28.5. The average Bonchev–Trinajstić information content (AvgIpc) is 2.84. The van der Waals surface area contributed by atoms with Crippen molar-refractivity contribution in [2.45, 2.75) is 44.6 Å². The summed E-state index contributed by atoms with van der Waals surface area (Å²) < 4.78 is 73.8. The maximum Gasteiger partial charge on any atom is 0.242 e. The van der Waals surface area contributed by atoms with Crippen molar-refractivity contribution < 1.29 is 35.9 Å². The summed E-state index contributed by atoms with van der Waals surface area (Å²) in [4.78, 5) is 30.0. The van der Waals surface area contributed by atoms with E-state index in [1.54, 1.807) is 24.5 Å². The number of nitrogens with one attached hydrogen (secondary N) is 2. The molecule has 0 bridgehead atoms. The third-order valence-electron chi connectivity index (χ3n) is 5.70. The van der Waals surface area contributed by atoms with Crippen molar-refractivity contribution in [3.63, 3.8) is 0 Å². The molecule has 3 rings (SSSR count). The number of hydrogen-bond acceptors (Lipinski definition) is 6. The first-order chi connectivity index (χ1) is 17.5. The van der Waals surface area contributed by atoms with E-state index in [1.165, 1.54) is 0 Å². The number of sulfonamides is 1. The van der Waals surface area contributed by atoms with Gasteiger partial charge in [-0.25, -0.2) is 21.6 Å².